The average Bonchev–Trinajstić information content (AvgIpc) is 3.13. The smallest absolute Gasteiger partial charge is 0.306 e. The van der Waals surface area contributed by atoms with Crippen LogP contribution in [0.15, 0.2) is 24.3 Å². The highest BCUT2D eigenvalue weighted by atomic mass is 16.6. The highest BCUT2D eigenvalue weighted by Gasteiger charge is 2.19. The lowest BCUT2D eigenvalue weighted by Crippen LogP contribution is -2.30. The lowest BCUT2D eigenvalue weighted by molar-refractivity contribution is -0.167. The molecule has 0 aromatic heterocycles. The highest BCUT2D eigenvalue weighted by molar-refractivity contribution is 5.71. The molecule has 0 amide bonds. The third-order valence-electron chi connectivity index (χ3n) is 9.43. The quantitative estimate of drug-likeness (QED) is 0.0272. The van der Waals surface area contributed by atoms with Crippen LogP contribution in [0.3, 0.4) is 0 Å². The minimum Gasteiger partial charge on any atom is -0.462 e. The molecule has 1 atom stereocenters. The van der Waals surface area contributed by atoms with Crippen molar-refractivity contribution in [3.8, 4) is 0 Å². The first-order valence-corrected chi connectivity index (χ1v) is 21.8. The minimum atomic E-state index is -0.770. The van der Waals surface area contributed by atoms with Crippen LogP contribution in [0.25, 0.3) is 0 Å². The first-order chi connectivity index (χ1) is 25.0. The normalized spacial score (nSPS) is 12.1. The molecule has 0 aromatic carbocycles. The Hall–Kier alpha value is -2.11. The maximum atomic E-state index is 12.6. The second-order valence-corrected chi connectivity index (χ2v) is 14.6. The maximum absolute atomic E-state index is 12.6. The van der Waals surface area contributed by atoms with Crippen LogP contribution in [0.2, 0.25) is 0 Å². The number of ether oxygens (including phenoxy) is 3. The van der Waals surface area contributed by atoms with Gasteiger partial charge in [0.2, 0.25) is 0 Å². The van der Waals surface area contributed by atoms with Crippen molar-refractivity contribution in [2.75, 3.05) is 13.2 Å². The number of hydrogen-bond donors (Lipinski definition) is 0. The van der Waals surface area contributed by atoms with Crippen LogP contribution in [0.5, 0.6) is 0 Å². The Morgan fingerprint density at radius 3 is 1.04 bits per heavy atom. The molecule has 0 bridgehead atoms. The summed E-state index contributed by atoms with van der Waals surface area (Å²) < 4.78 is 16.6. The van der Waals surface area contributed by atoms with Crippen molar-refractivity contribution in [2.45, 2.75) is 232 Å². The van der Waals surface area contributed by atoms with Gasteiger partial charge in [-0.3, -0.25) is 14.4 Å². The van der Waals surface area contributed by atoms with Gasteiger partial charge in [0.1, 0.15) is 13.2 Å². The number of allylic oxidation sites excluding steroid dienone is 4. The molecule has 0 aromatic rings. The zero-order valence-corrected chi connectivity index (χ0v) is 33.9. The zero-order valence-electron chi connectivity index (χ0n) is 33.9. The molecule has 0 fully saturated rings. The first-order valence-electron chi connectivity index (χ1n) is 21.8. The summed E-state index contributed by atoms with van der Waals surface area (Å²) in [5.74, 6) is -0.903. The average molecular weight is 719 g/mol. The van der Waals surface area contributed by atoms with Gasteiger partial charge in [-0.1, -0.05) is 167 Å². The third kappa shape index (κ3) is 38.9. The summed E-state index contributed by atoms with van der Waals surface area (Å²) in [6.45, 7) is 6.51. The largest absolute Gasteiger partial charge is 0.462 e. The number of carbonyl (C=O) groups excluding carboxylic acids is 3. The van der Waals surface area contributed by atoms with Crippen LogP contribution in [0.4, 0.5) is 0 Å². The van der Waals surface area contributed by atoms with Gasteiger partial charge >= 0.3 is 17.9 Å². The van der Waals surface area contributed by atoms with Gasteiger partial charge in [0.25, 0.3) is 0 Å². The van der Waals surface area contributed by atoms with Crippen LogP contribution >= 0.6 is 0 Å². The maximum Gasteiger partial charge on any atom is 0.306 e. The molecule has 0 radical (unpaired) electrons. The van der Waals surface area contributed by atoms with E-state index < -0.39 is 6.10 Å². The standard InChI is InChI=1S/C45H82O6/c1-4-7-10-13-16-18-20-21-22-23-24-26-27-29-32-35-38-44(47)50-41-42(40-49-43(46)37-34-31-15-12-9-6-3)51-45(48)39-36-33-30-28-25-19-17-14-11-8-5-2/h14,17,22-23,42H,4-13,15-16,18-21,24-41H2,1-3H3/b17-14-,23-22-. The van der Waals surface area contributed by atoms with Gasteiger partial charge in [0.15, 0.2) is 6.10 Å². The monoisotopic (exact) mass is 719 g/mol. The fourth-order valence-corrected chi connectivity index (χ4v) is 6.06. The second-order valence-electron chi connectivity index (χ2n) is 14.6. The third-order valence-corrected chi connectivity index (χ3v) is 9.43. The number of hydrogen-bond acceptors (Lipinski definition) is 6. The van der Waals surface area contributed by atoms with Crippen molar-refractivity contribution in [3.63, 3.8) is 0 Å². The number of unbranched alkanes of at least 4 members (excludes halogenated alkanes) is 24. The van der Waals surface area contributed by atoms with E-state index in [2.05, 4.69) is 45.1 Å². The molecule has 0 aliphatic rings. The molecular weight excluding hydrogens is 636 g/mol. The summed E-state index contributed by atoms with van der Waals surface area (Å²) in [5.41, 5.74) is 0. The molecule has 0 aliphatic carbocycles. The number of carbonyl (C=O) groups is 3. The Labute approximate surface area is 315 Å². The van der Waals surface area contributed by atoms with E-state index >= 15 is 0 Å². The van der Waals surface area contributed by atoms with Crippen LogP contribution in [-0.4, -0.2) is 37.2 Å². The molecule has 0 spiro atoms. The summed E-state index contributed by atoms with van der Waals surface area (Å²) in [6.07, 6.45) is 43.2. The minimum absolute atomic E-state index is 0.0764. The zero-order chi connectivity index (χ0) is 37.3. The van der Waals surface area contributed by atoms with Gasteiger partial charge in [0, 0.05) is 19.3 Å². The van der Waals surface area contributed by atoms with Crippen molar-refractivity contribution < 1.29 is 28.6 Å². The Kier molecular flexibility index (Phi) is 39.0. The van der Waals surface area contributed by atoms with Gasteiger partial charge in [-0.25, -0.2) is 0 Å². The molecule has 0 rings (SSSR count). The van der Waals surface area contributed by atoms with Gasteiger partial charge in [-0.2, -0.15) is 0 Å². The summed E-state index contributed by atoms with van der Waals surface area (Å²) >= 11 is 0. The van der Waals surface area contributed by atoms with Gasteiger partial charge < -0.3 is 14.2 Å². The molecule has 0 N–H and O–H groups in total. The van der Waals surface area contributed by atoms with E-state index in [1.807, 2.05) is 0 Å². The summed E-state index contributed by atoms with van der Waals surface area (Å²) in [4.78, 5) is 37.4. The topological polar surface area (TPSA) is 78.9 Å². The fraction of sp³-hybridized carbons (Fsp3) is 0.844. The second kappa shape index (κ2) is 40.7. The summed E-state index contributed by atoms with van der Waals surface area (Å²) in [5, 5.41) is 0. The predicted octanol–water partition coefficient (Wildman–Crippen LogP) is 13.6. The van der Waals surface area contributed by atoms with Crippen LogP contribution in [0.1, 0.15) is 226 Å². The fourth-order valence-electron chi connectivity index (χ4n) is 6.06. The van der Waals surface area contributed by atoms with Crippen LogP contribution < -0.4 is 0 Å². The lowest BCUT2D eigenvalue weighted by atomic mass is 10.1. The Morgan fingerprint density at radius 1 is 0.373 bits per heavy atom. The Morgan fingerprint density at radius 2 is 0.667 bits per heavy atom. The first kappa shape index (κ1) is 48.9. The van der Waals surface area contributed by atoms with E-state index in [9.17, 15) is 14.4 Å². The highest BCUT2D eigenvalue weighted by Crippen LogP contribution is 2.13. The number of rotatable bonds is 39. The predicted molar refractivity (Wildman–Crippen MR) is 215 cm³/mol. The molecule has 6 heteroatoms. The van der Waals surface area contributed by atoms with Crippen LogP contribution in [0, 0.1) is 0 Å². The molecule has 298 valence electrons. The Bertz CT molecular complexity index is 835. The van der Waals surface area contributed by atoms with E-state index in [0.717, 1.165) is 77.0 Å². The molecule has 0 heterocycles. The van der Waals surface area contributed by atoms with Crippen molar-refractivity contribution in [1.82, 2.24) is 0 Å². The summed E-state index contributed by atoms with van der Waals surface area (Å²) in [7, 11) is 0. The number of esters is 3. The molecule has 1 unspecified atom stereocenters. The van der Waals surface area contributed by atoms with E-state index in [1.165, 1.54) is 109 Å². The van der Waals surface area contributed by atoms with Crippen molar-refractivity contribution in [1.29, 1.82) is 0 Å². The van der Waals surface area contributed by atoms with Gasteiger partial charge in [-0.05, 0) is 64.2 Å². The van der Waals surface area contributed by atoms with Gasteiger partial charge in [0.05, 0.1) is 0 Å². The Balaban J connectivity index is 4.27. The van der Waals surface area contributed by atoms with Crippen molar-refractivity contribution in [2.24, 2.45) is 0 Å². The van der Waals surface area contributed by atoms with Crippen LogP contribution in [-0.2, 0) is 28.6 Å². The molecule has 0 saturated heterocycles. The van der Waals surface area contributed by atoms with Crippen molar-refractivity contribution in [3.05, 3.63) is 24.3 Å². The molecule has 0 saturated carbocycles. The molecule has 6 nitrogen and oxygen atoms in total. The SMILES string of the molecule is CCCC/C=C\CCCCCCCC(=O)OC(COC(=O)CCCCCCCC)COC(=O)CCCCCCC/C=C\CCCCCCCCC. The van der Waals surface area contributed by atoms with Crippen molar-refractivity contribution >= 4 is 17.9 Å². The van der Waals surface area contributed by atoms with E-state index in [1.54, 1.807) is 0 Å². The lowest BCUT2D eigenvalue weighted by Gasteiger charge is -2.18. The molecule has 0 aliphatic heterocycles. The molecule has 51 heavy (non-hydrogen) atoms. The summed E-state index contributed by atoms with van der Waals surface area (Å²) in [6, 6.07) is 0. The van der Waals surface area contributed by atoms with E-state index in [-0.39, 0.29) is 31.1 Å². The van der Waals surface area contributed by atoms with E-state index in [0.29, 0.717) is 19.3 Å². The molecular formula is C45H82O6. The van der Waals surface area contributed by atoms with Gasteiger partial charge in [-0.15, -0.1) is 0 Å². The van der Waals surface area contributed by atoms with E-state index in [4.69, 9.17) is 14.2 Å².